The first-order valence-electron chi connectivity index (χ1n) is 5.08. The minimum atomic E-state index is -0.648. The van der Waals surface area contributed by atoms with Gasteiger partial charge in [0.05, 0.1) is 22.2 Å². The largest absolute Gasteiger partial charge is 0.460 e. The number of hydrogen-bond acceptors (Lipinski definition) is 5. The highest BCUT2D eigenvalue weighted by atomic mass is 35.5. The molecule has 94 valence electrons. The zero-order chi connectivity index (χ0) is 13.1. The number of carbonyl (C=O) groups is 1. The Balaban J connectivity index is 2.35. The van der Waals surface area contributed by atoms with Crippen molar-refractivity contribution in [3.63, 3.8) is 0 Å². The molecule has 0 aliphatic rings. The molecule has 0 aliphatic heterocycles. The average Bonchev–Trinajstić information content (AvgIpc) is 2.82. The van der Waals surface area contributed by atoms with Crippen molar-refractivity contribution in [3.05, 3.63) is 34.1 Å². The van der Waals surface area contributed by atoms with E-state index in [1.54, 1.807) is 25.1 Å². The van der Waals surface area contributed by atoms with E-state index >= 15 is 0 Å². The van der Waals surface area contributed by atoms with E-state index in [9.17, 15) is 4.79 Å². The normalized spacial score (nSPS) is 10.4. The van der Waals surface area contributed by atoms with Crippen LogP contribution in [0.15, 0.2) is 22.7 Å². The molecule has 0 N–H and O–H groups in total. The minimum absolute atomic E-state index is 0.116. The van der Waals surface area contributed by atoms with E-state index in [4.69, 9.17) is 32.5 Å². The maximum atomic E-state index is 11.4. The lowest BCUT2D eigenvalue weighted by atomic mass is 10.2. The molecule has 1 aromatic carbocycles. The lowest BCUT2D eigenvalue weighted by Crippen LogP contribution is -2.06. The summed E-state index contributed by atoms with van der Waals surface area (Å²) in [6.45, 7) is 1.92. The van der Waals surface area contributed by atoms with Gasteiger partial charge in [0.15, 0.2) is 0 Å². The van der Waals surface area contributed by atoms with Crippen LogP contribution in [-0.2, 0) is 4.74 Å². The first-order valence-corrected chi connectivity index (χ1v) is 5.84. The number of ether oxygens (including phenoxy) is 1. The number of carbonyl (C=O) groups excluding carboxylic acids is 1. The first kappa shape index (κ1) is 12.9. The topological polar surface area (TPSA) is 65.2 Å². The third-order valence-corrected chi connectivity index (χ3v) is 2.88. The van der Waals surface area contributed by atoms with Gasteiger partial charge >= 0.3 is 5.97 Å². The van der Waals surface area contributed by atoms with Crippen molar-refractivity contribution in [3.8, 4) is 11.5 Å². The lowest BCUT2D eigenvalue weighted by molar-refractivity contribution is 0.0508. The van der Waals surface area contributed by atoms with Gasteiger partial charge in [-0.25, -0.2) is 4.79 Å². The molecule has 18 heavy (non-hydrogen) atoms. The van der Waals surface area contributed by atoms with Gasteiger partial charge in [0, 0.05) is 0 Å². The fraction of sp³-hybridized carbons (Fsp3) is 0.182. The maximum Gasteiger partial charge on any atom is 0.379 e. The molecular formula is C11H8Cl2N2O3. The molecule has 0 bridgehead atoms. The van der Waals surface area contributed by atoms with Gasteiger partial charge in [-0.3, -0.25) is 0 Å². The number of aromatic nitrogens is 2. The van der Waals surface area contributed by atoms with Crippen molar-refractivity contribution in [2.45, 2.75) is 6.92 Å². The molecule has 0 saturated carbocycles. The number of nitrogens with zero attached hydrogens (tertiary/aromatic N) is 2. The fourth-order valence-electron chi connectivity index (χ4n) is 1.28. The van der Waals surface area contributed by atoms with Crippen molar-refractivity contribution in [1.82, 2.24) is 10.1 Å². The van der Waals surface area contributed by atoms with Crippen molar-refractivity contribution >= 4 is 29.2 Å². The van der Waals surface area contributed by atoms with Gasteiger partial charge in [0.25, 0.3) is 11.7 Å². The molecule has 7 heteroatoms. The number of esters is 1. The van der Waals surface area contributed by atoms with E-state index in [2.05, 4.69) is 10.1 Å². The summed E-state index contributed by atoms with van der Waals surface area (Å²) in [4.78, 5) is 15.3. The Labute approximate surface area is 113 Å². The van der Waals surface area contributed by atoms with E-state index in [1.165, 1.54) is 0 Å². The zero-order valence-corrected chi connectivity index (χ0v) is 10.8. The van der Waals surface area contributed by atoms with Gasteiger partial charge in [-0.2, -0.15) is 4.98 Å². The van der Waals surface area contributed by atoms with Gasteiger partial charge in [-0.05, 0) is 24.2 Å². The molecule has 0 aliphatic carbocycles. The first-order chi connectivity index (χ1) is 8.63. The molecule has 2 aromatic rings. The van der Waals surface area contributed by atoms with Crippen LogP contribution in [0.1, 0.15) is 17.5 Å². The number of hydrogen-bond donors (Lipinski definition) is 0. The molecule has 0 radical (unpaired) electrons. The summed E-state index contributed by atoms with van der Waals surface area (Å²) in [6.07, 6.45) is 0. The van der Waals surface area contributed by atoms with E-state index in [1.807, 2.05) is 0 Å². The van der Waals surface area contributed by atoms with Crippen LogP contribution in [0.5, 0.6) is 0 Å². The Bertz CT molecular complexity index is 583. The Hall–Kier alpha value is -1.59. The van der Waals surface area contributed by atoms with Crippen molar-refractivity contribution in [2.24, 2.45) is 0 Å². The standard InChI is InChI=1S/C11H8Cl2N2O3/c1-2-17-11(16)9-14-10(18-15-9)6-4-3-5-7(12)8(6)13/h3-5H,2H2,1H3. The molecule has 0 spiro atoms. The molecule has 1 heterocycles. The predicted molar refractivity (Wildman–Crippen MR) is 65.7 cm³/mol. The van der Waals surface area contributed by atoms with Crippen LogP contribution in [0.4, 0.5) is 0 Å². The van der Waals surface area contributed by atoms with Crippen LogP contribution in [0.2, 0.25) is 10.0 Å². The molecular weight excluding hydrogens is 279 g/mol. The van der Waals surface area contributed by atoms with Gasteiger partial charge in [0.2, 0.25) is 0 Å². The minimum Gasteiger partial charge on any atom is -0.460 e. The monoisotopic (exact) mass is 286 g/mol. The van der Waals surface area contributed by atoms with Crippen molar-refractivity contribution in [2.75, 3.05) is 6.61 Å². The third-order valence-electron chi connectivity index (χ3n) is 2.07. The van der Waals surface area contributed by atoms with Crippen LogP contribution in [-0.4, -0.2) is 22.7 Å². The average molecular weight is 287 g/mol. The molecule has 2 rings (SSSR count). The SMILES string of the molecule is CCOC(=O)c1noc(-c2cccc(Cl)c2Cl)n1. The van der Waals surface area contributed by atoms with E-state index in [-0.39, 0.29) is 18.3 Å². The van der Waals surface area contributed by atoms with Crippen molar-refractivity contribution < 1.29 is 14.1 Å². The molecule has 0 unspecified atom stereocenters. The lowest BCUT2D eigenvalue weighted by Gasteiger charge is -1.99. The highest BCUT2D eigenvalue weighted by molar-refractivity contribution is 6.43. The summed E-state index contributed by atoms with van der Waals surface area (Å²) in [6, 6.07) is 4.99. The summed E-state index contributed by atoms with van der Waals surface area (Å²) in [7, 11) is 0. The highest BCUT2D eigenvalue weighted by Gasteiger charge is 2.18. The van der Waals surface area contributed by atoms with Gasteiger partial charge in [-0.1, -0.05) is 29.3 Å². The molecule has 1 aromatic heterocycles. The second-order valence-electron chi connectivity index (χ2n) is 3.24. The Morgan fingerprint density at radius 3 is 2.94 bits per heavy atom. The number of rotatable bonds is 3. The van der Waals surface area contributed by atoms with Crippen LogP contribution in [0.25, 0.3) is 11.5 Å². The molecule has 5 nitrogen and oxygen atoms in total. The summed E-state index contributed by atoms with van der Waals surface area (Å²) in [5.74, 6) is -0.681. The summed E-state index contributed by atoms with van der Waals surface area (Å²) in [5.41, 5.74) is 0.465. The highest BCUT2D eigenvalue weighted by Crippen LogP contribution is 2.32. The Kier molecular flexibility index (Phi) is 3.84. The van der Waals surface area contributed by atoms with Gasteiger partial charge in [-0.15, -0.1) is 0 Å². The molecule has 0 amide bonds. The van der Waals surface area contributed by atoms with Gasteiger partial charge in [0.1, 0.15) is 0 Å². The third kappa shape index (κ3) is 2.47. The van der Waals surface area contributed by atoms with Crippen molar-refractivity contribution in [1.29, 1.82) is 0 Å². The summed E-state index contributed by atoms with van der Waals surface area (Å²) < 4.78 is 9.70. The quantitative estimate of drug-likeness (QED) is 0.811. The second-order valence-corrected chi connectivity index (χ2v) is 4.03. The maximum absolute atomic E-state index is 11.4. The fourth-order valence-corrected chi connectivity index (χ4v) is 1.66. The molecule has 0 fully saturated rings. The predicted octanol–water partition coefficient (Wildman–Crippen LogP) is 3.22. The number of benzene rings is 1. The van der Waals surface area contributed by atoms with E-state index in [0.717, 1.165) is 0 Å². The molecule has 0 atom stereocenters. The van der Waals surface area contributed by atoms with Crippen LogP contribution in [0.3, 0.4) is 0 Å². The summed E-state index contributed by atoms with van der Waals surface area (Å²) in [5, 5.41) is 4.18. The zero-order valence-electron chi connectivity index (χ0n) is 9.31. The Morgan fingerprint density at radius 2 is 2.22 bits per heavy atom. The van der Waals surface area contributed by atoms with E-state index < -0.39 is 5.97 Å². The van der Waals surface area contributed by atoms with Crippen LogP contribution in [0, 0.1) is 0 Å². The Morgan fingerprint density at radius 1 is 1.44 bits per heavy atom. The van der Waals surface area contributed by atoms with Crippen LogP contribution >= 0.6 is 23.2 Å². The van der Waals surface area contributed by atoms with Gasteiger partial charge < -0.3 is 9.26 Å². The number of halogens is 2. The van der Waals surface area contributed by atoms with E-state index in [0.29, 0.717) is 15.6 Å². The van der Waals surface area contributed by atoms with Crippen LogP contribution < -0.4 is 0 Å². The smallest absolute Gasteiger partial charge is 0.379 e. The second kappa shape index (κ2) is 5.37. The summed E-state index contributed by atoms with van der Waals surface area (Å²) >= 11 is 11.9. The molecule has 0 saturated heterocycles.